The van der Waals surface area contributed by atoms with Crippen LogP contribution in [0.4, 0.5) is 5.69 Å². The van der Waals surface area contributed by atoms with E-state index in [1.54, 1.807) is 10.7 Å². The summed E-state index contributed by atoms with van der Waals surface area (Å²) in [6.45, 7) is 0.490. The highest BCUT2D eigenvalue weighted by Gasteiger charge is 2.25. The molecule has 0 aliphatic heterocycles. The summed E-state index contributed by atoms with van der Waals surface area (Å²) in [6.07, 6.45) is 2.41. The first-order valence-electron chi connectivity index (χ1n) is 7.39. The van der Waals surface area contributed by atoms with Crippen molar-refractivity contribution in [2.45, 2.75) is 25.3 Å². The van der Waals surface area contributed by atoms with Gasteiger partial charge in [0.05, 0.1) is 22.7 Å². The van der Waals surface area contributed by atoms with E-state index >= 15 is 0 Å². The normalized spacial score (nSPS) is 14.3. The van der Waals surface area contributed by atoms with Gasteiger partial charge in [0.1, 0.15) is 9.99 Å². The number of rotatable bonds is 4. The summed E-state index contributed by atoms with van der Waals surface area (Å²) < 4.78 is 2.24. The Kier molecular flexibility index (Phi) is 3.37. The molecule has 3 aromatic rings. The third kappa shape index (κ3) is 2.61. The summed E-state index contributed by atoms with van der Waals surface area (Å²) in [7, 11) is 0. The van der Waals surface area contributed by atoms with Crippen molar-refractivity contribution in [2.75, 3.05) is 0 Å². The number of non-ortho nitro benzene ring substituents is 1. The first-order chi connectivity index (χ1) is 11.1. The van der Waals surface area contributed by atoms with Gasteiger partial charge in [0.15, 0.2) is 0 Å². The molecular weight excluding hydrogens is 360 g/mol. The average molecular weight is 373 g/mol. The van der Waals surface area contributed by atoms with Gasteiger partial charge in [0.25, 0.3) is 5.69 Å². The quantitative estimate of drug-likeness (QED) is 0.511. The molecular formula is C16H13BrN4O2. The van der Waals surface area contributed by atoms with Crippen molar-refractivity contribution in [3.8, 4) is 0 Å². The van der Waals surface area contributed by atoms with Crippen molar-refractivity contribution < 1.29 is 4.92 Å². The number of hydrogen-bond donors (Lipinski definition) is 0. The van der Waals surface area contributed by atoms with Crippen LogP contribution in [0.25, 0.3) is 10.9 Å². The van der Waals surface area contributed by atoms with E-state index in [9.17, 15) is 10.1 Å². The van der Waals surface area contributed by atoms with Crippen molar-refractivity contribution in [3.63, 3.8) is 0 Å². The highest BCUT2D eigenvalue weighted by molar-refractivity contribution is 9.10. The summed E-state index contributed by atoms with van der Waals surface area (Å²) in [6, 6.07) is 11.0. The van der Waals surface area contributed by atoms with E-state index in [1.807, 2.05) is 18.2 Å². The molecule has 6 nitrogen and oxygen atoms in total. The molecule has 1 aromatic carbocycles. The minimum Gasteiger partial charge on any atom is -0.258 e. The summed E-state index contributed by atoms with van der Waals surface area (Å²) >= 11 is 3.34. The molecule has 1 fully saturated rings. The van der Waals surface area contributed by atoms with Gasteiger partial charge in [0.2, 0.25) is 0 Å². The predicted molar refractivity (Wildman–Crippen MR) is 89.4 cm³/mol. The molecule has 2 aromatic heterocycles. The maximum atomic E-state index is 11.2. The Morgan fingerprint density at radius 1 is 1.26 bits per heavy atom. The van der Waals surface area contributed by atoms with Crippen molar-refractivity contribution in [1.82, 2.24) is 14.8 Å². The number of hydrogen-bond acceptors (Lipinski definition) is 4. The van der Waals surface area contributed by atoms with E-state index in [1.165, 1.54) is 18.9 Å². The summed E-state index contributed by atoms with van der Waals surface area (Å²) in [5, 5.41) is 16.1. The lowest BCUT2D eigenvalue weighted by Gasteiger charge is -2.05. The van der Waals surface area contributed by atoms with Gasteiger partial charge in [-0.3, -0.25) is 19.8 Å². The smallest absolute Gasteiger partial charge is 0.258 e. The second-order valence-electron chi connectivity index (χ2n) is 5.70. The Morgan fingerprint density at radius 2 is 2.04 bits per heavy atom. The van der Waals surface area contributed by atoms with E-state index < -0.39 is 0 Å². The molecule has 0 bridgehead atoms. The van der Waals surface area contributed by atoms with E-state index in [0.29, 0.717) is 22.5 Å². The molecule has 1 aliphatic carbocycles. The highest BCUT2D eigenvalue weighted by atomic mass is 79.9. The predicted octanol–water partition coefficient (Wildman–Crippen LogP) is 4.03. The lowest BCUT2D eigenvalue weighted by molar-refractivity contribution is -0.383. The van der Waals surface area contributed by atoms with Crippen LogP contribution in [0.5, 0.6) is 0 Å². The van der Waals surface area contributed by atoms with Crippen molar-refractivity contribution in [3.05, 3.63) is 62.5 Å². The maximum Gasteiger partial charge on any atom is 0.281 e. The molecule has 0 saturated heterocycles. The maximum absolute atomic E-state index is 11.2. The molecule has 1 saturated carbocycles. The molecule has 0 amide bonds. The summed E-state index contributed by atoms with van der Waals surface area (Å²) in [5.41, 5.74) is 2.83. The summed E-state index contributed by atoms with van der Waals surface area (Å²) in [4.78, 5) is 15.5. The van der Waals surface area contributed by atoms with Crippen molar-refractivity contribution in [2.24, 2.45) is 0 Å². The van der Waals surface area contributed by atoms with Crippen LogP contribution in [0.1, 0.15) is 30.1 Å². The third-order valence-corrected chi connectivity index (χ3v) is 4.60. The summed E-state index contributed by atoms with van der Waals surface area (Å²) in [5.74, 6) is 0.595. The number of halogens is 1. The van der Waals surface area contributed by atoms with Crippen molar-refractivity contribution >= 4 is 32.5 Å². The molecule has 23 heavy (non-hydrogen) atoms. The molecule has 0 radical (unpaired) electrons. The number of nitrogens with zero attached hydrogens (tertiary/aromatic N) is 4. The number of aromatic nitrogens is 3. The minimum absolute atomic E-state index is 0.0558. The van der Waals surface area contributed by atoms with Gasteiger partial charge >= 0.3 is 0 Å². The Labute approximate surface area is 140 Å². The van der Waals surface area contributed by atoms with E-state index in [0.717, 1.165) is 16.9 Å². The average Bonchev–Trinajstić information content (AvgIpc) is 3.34. The Morgan fingerprint density at radius 3 is 2.78 bits per heavy atom. The van der Waals surface area contributed by atoms with E-state index in [4.69, 9.17) is 4.98 Å². The van der Waals surface area contributed by atoms with Crippen LogP contribution >= 0.6 is 15.9 Å². The van der Waals surface area contributed by atoms with Gasteiger partial charge in [0, 0.05) is 17.7 Å². The van der Waals surface area contributed by atoms with E-state index in [-0.39, 0.29) is 10.6 Å². The van der Waals surface area contributed by atoms with Crippen LogP contribution in [0.2, 0.25) is 0 Å². The van der Waals surface area contributed by atoms with Gasteiger partial charge in [-0.2, -0.15) is 5.10 Å². The van der Waals surface area contributed by atoms with Crippen molar-refractivity contribution in [1.29, 1.82) is 0 Å². The standard InChI is InChI=1S/C16H13BrN4O2/c17-16-15-13(5-2-6-14(15)21(22)23)20(19-16)9-11-3-1-4-12(18-11)10-7-8-10/h1-6,10H,7-9H2. The van der Waals surface area contributed by atoms with Crippen LogP contribution in [-0.4, -0.2) is 19.7 Å². The first kappa shape index (κ1) is 14.3. The topological polar surface area (TPSA) is 73.8 Å². The van der Waals surface area contributed by atoms with E-state index in [2.05, 4.69) is 27.1 Å². The zero-order chi connectivity index (χ0) is 16.0. The number of pyridine rings is 1. The first-order valence-corrected chi connectivity index (χ1v) is 8.18. The fourth-order valence-electron chi connectivity index (χ4n) is 2.78. The zero-order valence-corrected chi connectivity index (χ0v) is 13.7. The van der Waals surface area contributed by atoms with Crippen LogP contribution < -0.4 is 0 Å². The number of benzene rings is 1. The lowest BCUT2D eigenvalue weighted by Crippen LogP contribution is -2.04. The monoisotopic (exact) mass is 372 g/mol. The molecule has 0 atom stereocenters. The molecule has 0 spiro atoms. The van der Waals surface area contributed by atoms with Gasteiger partial charge in [-0.05, 0) is 47.0 Å². The molecule has 7 heteroatoms. The van der Waals surface area contributed by atoms with Gasteiger partial charge in [-0.25, -0.2) is 0 Å². The van der Waals surface area contributed by atoms with Crippen LogP contribution in [0.3, 0.4) is 0 Å². The Bertz CT molecular complexity index is 918. The number of nitro benzene ring substituents is 1. The second-order valence-corrected chi connectivity index (χ2v) is 6.46. The largest absolute Gasteiger partial charge is 0.281 e. The molecule has 4 rings (SSSR count). The third-order valence-electron chi connectivity index (χ3n) is 4.05. The van der Waals surface area contributed by atoms with Gasteiger partial charge in [-0.1, -0.05) is 12.1 Å². The minimum atomic E-state index is -0.384. The number of nitro groups is 1. The Hall–Kier alpha value is -2.28. The molecule has 0 N–H and O–H groups in total. The molecule has 2 heterocycles. The number of fused-ring (bicyclic) bond motifs is 1. The Balaban J connectivity index is 1.76. The lowest BCUT2D eigenvalue weighted by atomic mass is 10.2. The fraction of sp³-hybridized carbons (Fsp3) is 0.250. The highest BCUT2D eigenvalue weighted by Crippen LogP contribution is 2.39. The fourth-order valence-corrected chi connectivity index (χ4v) is 3.38. The van der Waals surface area contributed by atoms with Crippen LogP contribution in [-0.2, 0) is 6.54 Å². The van der Waals surface area contributed by atoms with Crippen LogP contribution in [0.15, 0.2) is 41.0 Å². The molecule has 0 unspecified atom stereocenters. The SMILES string of the molecule is O=[N+]([O-])c1cccc2c1c(Br)nn2Cc1cccc(C2CC2)n1. The van der Waals surface area contributed by atoms with Crippen LogP contribution in [0, 0.1) is 10.1 Å². The van der Waals surface area contributed by atoms with Gasteiger partial charge < -0.3 is 0 Å². The molecule has 1 aliphatic rings. The molecule has 116 valence electrons. The zero-order valence-electron chi connectivity index (χ0n) is 12.1. The second kappa shape index (κ2) is 5.42. The van der Waals surface area contributed by atoms with Gasteiger partial charge in [-0.15, -0.1) is 0 Å².